The van der Waals surface area contributed by atoms with Gasteiger partial charge in [-0.1, -0.05) is 30.3 Å². The molecule has 0 unspecified atom stereocenters. The number of aryl methyl sites for hydroxylation is 1. The normalized spacial score (nSPS) is 11.3. The van der Waals surface area contributed by atoms with Crippen molar-refractivity contribution in [2.45, 2.75) is 27.3 Å². The predicted octanol–water partition coefficient (Wildman–Crippen LogP) is 4.02. The molecule has 8 heteroatoms. The summed E-state index contributed by atoms with van der Waals surface area (Å²) in [6, 6.07) is 15.8. The summed E-state index contributed by atoms with van der Waals surface area (Å²) >= 11 is 3.44. The number of para-hydroxylation sites is 1. The van der Waals surface area contributed by atoms with Gasteiger partial charge < -0.3 is 4.74 Å². The van der Waals surface area contributed by atoms with E-state index in [0.29, 0.717) is 22.6 Å². The number of rotatable bonds is 6. The van der Waals surface area contributed by atoms with E-state index in [4.69, 9.17) is 4.74 Å². The summed E-state index contributed by atoms with van der Waals surface area (Å²) in [6.07, 6.45) is 0. The van der Waals surface area contributed by atoms with Crippen LogP contribution < -0.4 is 10.2 Å². The van der Waals surface area contributed by atoms with Crippen LogP contribution in [0.2, 0.25) is 0 Å². The summed E-state index contributed by atoms with van der Waals surface area (Å²) in [5, 5.41) is 8.48. The summed E-state index contributed by atoms with van der Waals surface area (Å²) in [5.74, 6) is -0.412. The molecule has 0 bridgehead atoms. The van der Waals surface area contributed by atoms with E-state index in [0.717, 1.165) is 15.9 Å². The van der Waals surface area contributed by atoms with Crippen LogP contribution in [0.4, 0.5) is 0 Å². The average molecular weight is 469 g/mol. The minimum Gasteiger partial charge on any atom is -0.422 e. The Hall–Kier alpha value is -3.26. The molecule has 0 aliphatic rings. The summed E-state index contributed by atoms with van der Waals surface area (Å²) in [4.78, 5) is 24.7. The summed E-state index contributed by atoms with van der Waals surface area (Å²) < 4.78 is 8.02. The lowest BCUT2D eigenvalue weighted by Gasteiger charge is -2.10. The molecule has 0 atom stereocenters. The first kappa shape index (κ1) is 21.4. The van der Waals surface area contributed by atoms with Crippen LogP contribution in [0.25, 0.3) is 0 Å². The fourth-order valence-corrected chi connectivity index (χ4v) is 3.08. The zero-order valence-corrected chi connectivity index (χ0v) is 18.4. The molecular formula is C22H21BrN4O3. The summed E-state index contributed by atoms with van der Waals surface area (Å²) in [5.41, 5.74) is 5.77. The van der Waals surface area contributed by atoms with Crippen molar-refractivity contribution < 1.29 is 14.3 Å². The van der Waals surface area contributed by atoms with Crippen molar-refractivity contribution >= 4 is 33.5 Å². The lowest BCUT2D eigenvalue weighted by atomic mass is 10.1. The number of ether oxygens (including phenoxy) is 1. The van der Waals surface area contributed by atoms with E-state index in [2.05, 4.69) is 31.6 Å². The third-order valence-corrected chi connectivity index (χ3v) is 5.57. The molecule has 2 aromatic carbocycles. The van der Waals surface area contributed by atoms with E-state index in [1.807, 2.05) is 26.0 Å². The Balaban J connectivity index is 1.71. The number of carbonyl (C=O) groups excluding carboxylic acids is 2. The van der Waals surface area contributed by atoms with Crippen LogP contribution in [0.15, 0.2) is 64.2 Å². The van der Waals surface area contributed by atoms with E-state index in [1.165, 1.54) is 0 Å². The van der Waals surface area contributed by atoms with Crippen LogP contribution in [0, 0.1) is 13.8 Å². The van der Waals surface area contributed by atoms with Gasteiger partial charge in [0.05, 0.1) is 27.1 Å². The molecule has 1 amide bonds. The molecule has 154 valence electrons. The van der Waals surface area contributed by atoms with Gasteiger partial charge in [-0.15, -0.1) is 0 Å². The molecule has 3 rings (SSSR count). The second kappa shape index (κ2) is 9.49. The topological polar surface area (TPSA) is 85.6 Å². The zero-order valence-electron chi connectivity index (χ0n) is 16.8. The first-order chi connectivity index (χ1) is 14.4. The molecular weight excluding hydrogens is 448 g/mol. The number of hydrogen-bond acceptors (Lipinski definition) is 5. The quantitative estimate of drug-likeness (QED) is 0.256. The maximum absolute atomic E-state index is 12.4. The summed E-state index contributed by atoms with van der Waals surface area (Å²) in [6.45, 7) is 5.51. The average Bonchev–Trinajstić information content (AvgIpc) is 2.99. The van der Waals surface area contributed by atoms with E-state index in [-0.39, 0.29) is 12.5 Å². The molecule has 0 saturated carbocycles. The van der Waals surface area contributed by atoms with Gasteiger partial charge in [0.15, 0.2) is 0 Å². The number of hydrazone groups is 1. The van der Waals surface area contributed by atoms with Crippen LogP contribution in [0.3, 0.4) is 0 Å². The Morgan fingerprint density at radius 2 is 1.77 bits per heavy atom. The Bertz CT molecular complexity index is 1110. The van der Waals surface area contributed by atoms with Crippen molar-refractivity contribution in [3.8, 4) is 5.75 Å². The van der Waals surface area contributed by atoms with E-state index in [1.54, 1.807) is 54.1 Å². The Morgan fingerprint density at radius 1 is 1.10 bits per heavy atom. The minimum absolute atomic E-state index is 0.0414. The minimum atomic E-state index is -0.463. The first-order valence-electron chi connectivity index (χ1n) is 9.26. The van der Waals surface area contributed by atoms with Gasteiger partial charge in [-0.05, 0) is 61.0 Å². The highest BCUT2D eigenvalue weighted by Crippen LogP contribution is 2.21. The third kappa shape index (κ3) is 5.01. The van der Waals surface area contributed by atoms with Crippen molar-refractivity contribution in [2.75, 3.05) is 0 Å². The zero-order chi connectivity index (χ0) is 21.7. The number of amides is 1. The SMILES string of the molecule is C/C(=N\NC(=O)Cn1nc(C)c(Br)c1C)c1ccccc1OC(=O)c1ccccc1. The Labute approximate surface area is 182 Å². The van der Waals surface area contributed by atoms with Crippen molar-refractivity contribution in [1.82, 2.24) is 15.2 Å². The third-order valence-electron chi connectivity index (χ3n) is 4.42. The molecule has 1 heterocycles. The molecule has 0 saturated heterocycles. The lowest BCUT2D eigenvalue weighted by Crippen LogP contribution is -2.25. The number of nitrogens with one attached hydrogen (secondary N) is 1. The Morgan fingerprint density at radius 3 is 2.43 bits per heavy atom. The maximum Gasteiger partial charge on any atom is 0.343 e. The van der Waals surface area contributed by atoms with Gasteiger partial charge in [0.2, 0.25) is 0 Å². The molecule has 1 N–H and O–H groups in total. The smallest absolute Gasteiger partial charge is 0.343 e. The molecule has 0 spiro atoms. The van der Waals surface area contributed by atoms with Crippen molar-refractivity contribution in [3.05, 3.63) is 81.6 Å². The van der Waals surface area contributed by atoms with Crippen LogP contribution in [0.5, 0.6) is 5.75 Å². The molecule has 30 heavy (non-hydrogen) atoms. The number of nitrogens with zero attached hydrogens (tertiary/aromatic N) is 3. The molecule has 0 radical (unpaired) electrons. The van der Waals surface area contributed by atoms with Gasteiger partial charge in [-0.25, -0.2) is 10.2 Å². The molecule has 1 aromatic heterocycles. The number of halogens is 1. The number of hydrogen-bond donors (Lipinski definition) is 1. The van der Waals surface area contributed by atoms with Gasteiger partial charge in [0, 0.05) is 5.56 Å². The van der Waals surface area contributed by atoms with Crippen LogP contribution >= 0.6 is 15.9 Å². The standard InChI is InChI=1S/C22H21BrN4O3/c1-14(24-25-20(28)13-27-16(3)21(23)15(2)26-27)18-11-7-8-12-19(18)30-22(29)17-9-5-4-6-10-17/h4-12H,13H2,1-3H3,(H,25,28)/b24-14+. The van der Waals surface area contributed by atoms with Gasteiger partial charge in [0.25, 0.3) is 5.91 Å². The monoisotopic (exact) mass is 468 g/mol. The highest BCUT2D eigenvalue weighted by Gasteiger charge is 2.14. The number of carbonyl (C=O) groups is 2. The van der Waals surface area contributed by atoms with Crippen LogP contribution in [0.1, 0.15) is 34.2 Å². The number of aromatic nitrogens is 2. The molecule has 0 aliphatic carbocycles. The van der Waals surface area contributed by atoms with Crippen molar-refractivity contribution in [2.24, 2.45) is 5.10 Å². The van der Waals surface area contributed by atoms with Crippen molar-refractivity contribution in [1.29, 1.82) is 0 Å². The largest absolute Gasteiger partial charge is 0.422 e. The fourth-order valence-electron chi connectivity index (χ4n) is 2.79. The molecule has 7 nitrogen and oxygen atoms in total. The second-order valence-corrected chi connectivity index (χ2v) is 7.42. The molecule has 0 fully saturated rings. The molecule has 3 aromatic rings. The van der Waals surface area contributed by atoms with Gasteiger partial charge >= 0.3 is 5.97 Å². The predicted molar refractivity (Wildman–Crippen MR) is 118 cm³/mol. The van der Waals surface area contributed by atoms with Gasteiger partial charge in [-0.2, -0.15) is 10.2 Å². The van der Waals surface area contributed by atoms with Gasteiger partial charge in [0.1, 0.15) is 12.3 Å². The van der Waals surface area contributed by atoms with Crippen LogP contribution in [-0.2, 0) is 11.3 Å². The highest BCUT2D eigenvalue weighted by molar-refractivity contribution is 9.10. The van der Waals surface area contributed by atoms with E-state index < -0.39 is 5.97 Å². The maximum atomic E-state index is 12.4. The first-order valence-corrected chi connectivity index (χ1v) is 10.1. The Kier molecular flexibility index (Phi) is 6.79. The molecule has 0 aliphatic heterocycles. The van der Waals surface area contributed by atoms with Gasteiger partial charge in [-0.3, -0.25) is 9.48 Å². The number of benzene rings is 2. The van der Waals surface area contributed by atoms with E-state index >= 15 is 0 Å². The summed E-state index contributed by atoms with van der Waals surface area (Å²) in [7, 11) is 0. The number of esters is 1. The fraction of sp³-hybridized carbons (Fsp3) is 0.182. The van der Waals surface area contributed by atoms with E-state index in [9.17, 15) is 9.59 Å². The van der Waals surface area contributed by atoms with Crippen molar-refractivity contribution in [3.63, 3.8) is 0 Å². The second-order valence-electron chi connectivity index (χ2n) is 6.63. The highest BCUT2D eigenvalue weighted by atomic mass is 79.9. The lowest BCUT2D eigenvalue weighted by molar-refractivity contribution is -0.121. The van der Waals surface area contributed by atoms with Crippen LogP contribution in [-0.4, -0.2) is 27.4 Å².